The van der Waals surface area contributed by atoms with Crippen LogP contribution in [0.15, 0.2) is 0 Å². The highest BCUT2D eigenvalue weighted by atomic mass is 16.5. The lowest BCUT2D eigenvalue weighted by Crippen LogP contribution is -2.42. The van der Waals surface area contributed by atoms with Gasteiger partial charge in [0.2, 0.25) is 5.91 Å². The molecule has 1 N–H and O–H groups in total. The Bertz CT molecular complexity index is 274. The number of nitrogens with zero attached hydrogens (tertiary/aromatic N) is 1. The fourth-order valence-electron chi connectivity index (χ4n) is 1.98. The molecule has 1 aliphatic rings. The van der Waals surface area contributed by atoms with Crippen LogP contribution in [0.25, 0.3) is 0 Å². The van der Waals surface area contributed by atoms with Gasteiger partial charge in [0.05, 0.1) is 18.4 Å². The predicted octanol–water partition coefficient (Wildman–Crippen LogP) is 0.982. The average Bonchev–Trinajstić information content (AvgIpc) is 2.35. The van der Waals surface area contributed by atoms with E-state index in [9.17, 15) is 9.59 Å². The zero-order valence-electron chi connectivity index (χ0n) is 10.5. The van der Waals surface area contributed by atoms with Crippen LogP contribution in [0.1, 0.15) is 26.7 Å². The summed E-state index contributed by atoms with van der Waals surface area (Å²) in [6.07, 6.45) is 1.75. The lowest BCUT2D eigenvalue weighted by Gasteiger charge is -2.29. The van der Waals surface area contributed by atoms with E-state index in [2.05, 4.69) is 0 Å². The van der Waals surface area contributed by atoms with Crippen LogP contribution >= 0.6 is 0 Å². The van der Waals surface area contributed by atoms with E-state index in [1.165, 1.54) is 0 Å². The molecule has 1 saturated heterocycles. The zero-order valence-corrected chi connectivity index (χ0v) is 10.5. The van der Waals surface area contributed by atoms with Crippen molar-refractivity contribution in [2.75, 3.05) is 26.3 Å². The molecule has 0 radical (unpaired) electrons. The Morgan fingerprint density at radius 3 is 2.71 bits per heavy atom. The van der Waals surface area contributed by atoms with Crippen LogP contribution < -0.4 is 0 Å². The third-order valence-corrected chi connectivity index (χ3v) is 3.12. The summed E-state index contributed by atoms with van der Waals surface area (Å²) < 4.78 is 5.29. The molecule has 0 aromatic heterocycles. The quantitative estimate of drug-likeness (QED) is 0.781. The molecule has 5 heteroatoms. The summed E-state index contributed by atoms with van der Waals surface area (Å²) in [5.74, 6) is -1.45. The van der Waals surface area contributed by atoms with Crippen LogP contribution in [0.2, 0.25) is 0 Å². The molecule has 1 amide bonds. The molecule has 0 spiro atoms. The summed E-state index contributed by atoms with van der Waals surface area (Å²) in [7, 11) is 0. The standard InChI is InChI=1S/C12H21NO4/c1-3-13(7-9(2)12(15)16)11(14)10-5-4-6-17-8-10/h9-10H,3-8H2,1-2H3,(H,15,16). The van der Waals surface area contributed by atoms with Gasteiger partial charge < -0.3 is 14.7 Å². The van der Waals surface area contributed by atoms with Crippen molar-refractivity contribution in [3.05, 3.63) is 0 Å². The number of carboxylic acids is 1. The highest BCUT2D eigenvalue weighted by Gasteiger charge is 2.27. The minimum Gasteiger partial charge on any atom is -0.481 e. The van der Waals surface area contributed by atoms with Crippen molar-refractivity contribution in [2.45, 2.75) is 26.7 Å². The zero-order chi connectivity index (χ0) is 12.8. The summed E-state index contributed by atoms with van der Waals surface area (Å²) in [5, 5.41) is 8.86. The van der Waals surface area contributed by atoms with Crippen molar-refractivity contribution >= 4 is 11.9 Å². The summed E-state index contributed by atoms with van der Waals surface area (Å²) >= 11 is 0. The minimum absolute atomic E-state index is 0.0281. The Morgan fingerprint density at radius 2 is 2.24 bits per heavy atom. The maximum absolute atomic E-state index is 12.1. The number of aliphatic carboxylic acids is 1. The topological polar surface area (TPSA) is 66.8 Å². The van der Waals surface area contributed by atoms with Gasteiger partial charge in [-0.15, -0.1) is 0 Å². The third-order valence-electron chi connectivity index (χ3n) is 3.12. The Hall–Kier alpha value is -1.10. The predicted molar refractivity (Wildman–Crippen MR) is 62.6 cm³/mol. The lowest BCUT2D eigenvalue weighted by atomic mass is 10.00. The van der Waals surface area contributed by atoms with E-state index < -0.39 is 11.9 Å². The van der Waals surface area contributed by atoms with Gasteiger partial charge in [-0.2, -0.15) is 0 Å². The molecule has 17 heavy (non-hydrogen) atoms. The van der Waals surface area contributed by atoms with Gasteiger partial charge in [-0.3, -0.25) is 9.59 Å². The van der Waals surface area contributed by atoms with Crippen molar-refractivity contribution in [3.63, 3.8) is 0 Å². The maximum Gasteiger partial charge on any atom is 0.308 e. The highest BCUT2D eigenvalue weighted by molar-refractivity contribution is 5.80. The van der Waals surface area contributed by atoms with Crippen LogP contribution in [0.4, 0.5) is 0 Å². The van der Waals surface area contributed by atoms with Gasteiger partial charge in [0.25, 0.3) is 0 Å². The van der Waals surface area contributed by atoms with Gasteiger partial charge in [0, 0.05) is 19.7 Å². The molecule has 1 rings (SSSR count). The number of hydrogen-bond donors (Lipinski definition) is 1. The molecule has 98 valence electrons. The minimum atomic E-state index is -0.865. The van der Waals surface area contributed by atoms with Gasteiger partial charge in [-0.25, -0.2) is 0 Å². The molecule has 0 aromatic rings. The van der Waals surface area contributed by atoms with Crippen LogP contribution in [-0.4, -0.2) is 48.2 Å². The first kappa shape index (κ1) is 14.0. The maximum atomic E-state index is 12.1. The van der Waals surface area contributed by atoms with Crippen molar-refractivity contribution in [3.8, 4) is 0 Å². The van der Waals surface area contributed by atoms with Crippen molar-refractivity contribution in [1.82, 2.24) is 4.90 Å². The van der Waals surface area contributed by atoms with Crippen molar-refractivity contribution in [2.24, 2.45) is 11.8 Å². The summed E-state index contributed by atoms with van der Waals surface area (Å²) in [6, 6.07) is 0. The monoisotopic (exact) mass is 243 g/mol. The largest absolute Gasteiger partial charge is 0.481 e. The SMILES string of the molecule is CCN(CC(C)C(=O)O)C(=O)C1CCCOC1. The van der Waals surface area contributed by atoms with Gasteiger partial charge in [0.15, 0.2) is 0 Å². The molecule has 1 heterocycles. The Kier molecular flexibility index (Phi) is 5.41. The van der Waals surface area contributed by atoms with Gasteiger partial charge in [0.1, 0.15) is 0 Å². The first-order valence-corrected chi connectivity index (χ1v) is 6.15. The molecule has 5 nitrogen and oxygen atoms in total. The molecule has 2 unspecified atom stereocenters. The van der Waals surface area contributed by atoms with E-state index in [-0.39, 0.29) is 18.4 Å². The molecule has 0 bridgehead atoms. The van der Waals surface area contributed by atoms with E-state index in [1.807, 2.05) is 6.92 Å². The van der Waals surface area contributed by atoms with Crippen LogP contribution in [0, 0.1) is 11.8 Å². The van der Waals surface area contributed by atoms with Crippen LogP contribution in [0.5, 0.6) is 0 Å². The average molecular weight is 243 g/mol. The second-order valence-corrected chi connectivity index (χ2v) is 4.53. The normalized spacial score (nSPS) is 21.9. The molecular weight excluding hydrogens is 222 g/mol. The van der Waals surface area contributed by atoms with Crippen LogP contribution in [-0.2, 0) is 14.3 Å². The molecule has 1 fully saturated rings. The first-order chi connectivity index (χ1) is 8.06. The van der Waals surface area contributed by atoms with Gasteiger partial charge in [-0.1, -0.05) is 6.92 Å². The Morgan fingerprint density at radius 1 is 1.53 bits per heavy atom. The van der Waals surface area contributed by atoms with Gasteiger partial charge >= 0.3 is 5.97 Å². The second-order valence-electron chi connectivity index (χ2n) is 4.53. The summed E-state index contributed by atoms with van der Waals surface area (Å²) in [5.41, 5.74) is 0. The summed E-state index contributed by atoms with van der Waals surface area (Å²) in [6.45, 7) is 5.51. The molecule has 1 aliphatic heterocycles. The first-order valence-electron chi connectivity index (χ1n) is 6.15. The second kappa shape index (κ2) is 6.59. The van der Waals surface area contributed by atoms with E-state index in [4.69, 9.17) is 9.84 Å². The number of carbonyl (C=O) groups excluding carboxylic acids is 1. The van der Waals surface area contributed by atoms with E-state index in [0.29, 0.717) is 13.2 Å². The molecule has 2 atom stereocenters. The number of carboxylic acid groups (broad SMARTS) is 1. The number of rotatable bonds is 5. The summed E-state index contributed by atoms with van der Waals surface area (Å²) in [4.78, 5) is 24.6. The number of amides is 1. The van der Waals surface area contributed by atoms with E-state index in [1.54, 1.807) is 11.8 Å². The lowest BCUT2D eigenvalue weighted by molar-refractivity contribution is -0.145. The number of ether oxygens (including phenoxy) is 1. The van der Waals surface area contributed by atoms with Crippen LogP contribution in [0.3, 0.4) is 0 Å². The Labute approximate surface area is 102 Å². The van der Waals surface area contributed by atoms with Crippen molar-refractivity contribution in [1.29, 1.82) is 0 Å². The highest BCUT2D eigenvalue weighted by Crippen LogP contribution is 2.17. The smallest absolute Gasteiger partial charge is 0.308 e. The fourth-order valence-corrected chi connectivity index (χ4v) is 1.98. The number of hydrogen-bond acceptors (Lipinski definition) is 3. The van der Waals surface area contributed by atoms with Crippen molar-refractivity contribution < 1.29 is 19.4 Å². The molecule has 0 saturated carbocycles. The molecule has 0 aliphatic carbocycles. The van der Waals surface area contributed by atoms with Gasteiger partial charge in [-0.05, 0) is 19.8 Å². The Balaban J connectivity index is 2.53. The molecule has 0 aromatic carbocycles. The number of carbonyl (C=O) groups is 2. The fraction of sp³-hybridized carbons (Fsp3) is 0.833. The van der Waals surface area contributed by atoms with E-state index >= 15 is 0 Å². The van der Waals surface area contributed by atoms with E-state index in [0.717, 1.165) is 19.4 Å². The molecular formula is C12H21NO4. The third kappa shape index (κ3) is 4.00.